The van der Waals surface area contributed by atoms with E-state index in [1.54, 1.807) is 0 Å². The number of nitrogens with zero attached hydrogens (tertiary/aromatic N) is 1. The first kappa shape index (κ1) is 11.0. The lowest BCUT2D eigenvalue weighted by atomic mass is 10.0. The van der Waals surface area contributed by atoms with Crippen molar-refractivity contribution in [1.29, 1.82) is 0 Å². The van der Waals surface area contributed by atoms with Crippen molar-refractivity contribution in [3.63, 3.8) is 0 Å². The third kappa shape index (κ3) is 3.65. The van der Waals surface area contributed by atoms with E-state index in [9.17, 15) is 0 Å². The summed E-state index contributed by atoms with van der Waals surface area (Å²) in [7, 11) is 0. The summed E-state index contributed by atoms with van der Waals surface area (Å²) in [6.45, 7) is 11.7. The first-order valence-electron chi connectivity index (χ1n) is 5.68. The topological polar surface area (TPSA) is 15.3 Å². The monoisotopic (exact) mass is 184 g/mol. The van der Waals surface area contributed by atoms with E-state index >= 15 is 0 Å². The molecule has 1 fully saturated rings. The predicted molar refractivity (Wildman–Crippen MR) is 58.0 cm³/mol. The van der Waals surface area contributed by atoms with Crippen LogP contribution in [-0.2, 0) is 0 Å². The highest BCUT2D eigenvalue weighted by atomic mass is 15.2. The van der Waals surface area contributed by atoms with Crippen molar-refractivity contribution in [3.05, 3.63) is 0 Å². The molecule has 0 amide bonds. The Balaban J connectivity index is 2.34. The standard InChI is InChI=1S/C11H24N2/c1-4-13(9-10(2)3)11-6-5-7-12-8-11/h10-12H,4-9H2,1-3H3. The summed E-state index contributed by atoms with van der Waals surface area (Å²) in [6, 6.07) is 0.793. The van der Waals surface area contributed by atoms with Gasteiger partial charge in [-0.15, -0.1) is 0 Å². The van der Waals surface area contributed by atoms with Crippen LogP contribution < -0.4 is 5.32 Å². The molecule has 1 aliphatic rings. The summed E-state index contributed by atoms with van der Waals surface area (Å²) in [5.74, 6) is 0.793. The summed E-state index contributed by atoms with van der Waals surface area (Å²) >= 11 is 0. The average Bonchev–Trinajstić information content (AvgIpc) is 2.15. The van der Waals surface area contributed by atoms with Crippen LogP contribution in [0.1, 0.15) is 33.6 Å². The summed E-state index contributed by atoms with van der Waals surface area (Å²) in [4.78, 5) is 2.62. The molecule has 0 aromatic heterocycles. The quantitative estimate of drug-likeness (QED) is 0.715. The van der Waals surface area contributed by atoms with E-state index in [1.807, 2.05) is 0 Å². The fourth-order valence-corrected chi connectivity index (χ4v) is 2.15. The second kappa shape index (κ2) is 5.61. The van der Waals surface area contributed by atoms with E-state index < -0.39 is 0 Å². The Kier molecular flexibility index (Phi) is 4.74. The van der Waals surface area contributed by atoms with Gasteiger partial charge in [0.1, 0.15) is 0 Å². The summed E-state index contributed by atoms with van der Waals surface area (Å²) < 4.78 is 0. The van der Waals surface area contributed by atoms with Gasteiger partial charge in [0.05, 0.1) is 0 Å². The number of nitrogens with one attached hydrogen (secondary N) is 1. The van der Waals surface area contributed by atoms with Crippen molar-refractivity contribution in [2.24, 2.45) is 5.92 Å². The second-order valence-corrected chi connectivity index (χ2v) is 4.48. The largest absolute Gasteiger partial charge is 0.315 e. The summed E-state index contributed by atoms with van der Waals surface area (Å²) in [5, 5.41) is 3.48. The van der Waals surface area contributed by atoms with E-state index in [0.29, 0.717) is 0 Å². The van der Waals surface area contributed by atoms with Crippen molar-refractivity contribution >= 4 is 0 Å². The molecular formula is C11H24N2. The molecule has 2 heteroatoms. The molecule has 1 heterocycles. The molecule has 0 bridgehead atoms. The predicted octanol–water partition coefficient (Wildman–Crippen LogP) is 1.72. The molecule has 78 valence electrons. The van der Waals surface area contributed by atoms with Crippen LogP contribution in [0.25, 0.3) is 0 Å². The van der Waals surface area contributed by atoms with Gasteiger partial charge in [-0.25, -0.2) is 0 Å². The first-order chi connectivity index (χ1) is 6.24. The molecule has 1 aliphatic heterocycles. The molecule has 0 saturated carbocycles. The van der Waals surface area contributed by atoms with Crippen LogP contribution in [0.2, 0.25) is 0 Å². The Morgan fingerprint density at radius 1 is 1.46 bits per heavy atom. The highest BCUT2D eigenvalue weighted by Gasteiger charge is 2.19. The molecule has 13 heavy (non-hydrogen) atoms. The van der Waals surface area contributed by atoms with E-state index in [1.165, 1.54) is 39.0 Å². The third-order valence-corrected chi connectivity index (χ3v) is 2.79. The SMILES string of the molecule is CCN(CC(C)C)C1CCCNC1. The minimum Gasteiger partial charge on any atom is -0.315 e. The minimum absolute atomic E-state index is 0.793. The number of hydrogen-bond acceptors (Lipinski definition) is 2. The lowest BCUT2D eigenvalue weighted by Gasteiger charge is -2.34. The number of likely N-dealkylation sites (N-methyl/N-ethyl adjacent to an activating group) is 1. The molecular weight excluding hydrogens is 160 g/mol. The van der Waals surface area contributed by atoms with Gasteiger partial charge in [0, 0.05) is 19.1 Å². The number of piperidine rings is 1. The Bertz CT molecular complexity index is 128. The second-order valence-electron chi connectivity index (χ2n) is 4.48. The molecule has 1 atom stereocenters. The summed E-state index contributed by atoms with van der Waals surface area (Å²) in [6.07, 6.45) is 2.73. The smallest absolute Gasteiger partial charge is 0.0221 e. The van der Waals surface area contributed by atoms with Gasteiger partial charge in [-0.3, -0.25) is 4.90 Å². The molecule has 1 rings (SSSR count). The Morgan fingerprint density at radius 2 is 2.23 bits per heavy atom. The average molecular weight is 184 g/mol. The van der Waals surface area contributed by atoms with Crippen LogP contribution in [0.4, 0.5) is 0 Å². The molecule has 1 N–H and O–H groups in total. The Hall–Kier alpha value is -0.0800. The lowest BCUT2D eigenvalue weighted by molar-refractivity contribution is 0.156. The molecule has 2 nitrogen and oxygen atoms in total. The normalized spacial score (nSPS) is 24.2. The highest BCUT2D eigenvalue weighted by Crippen LogP contribution is 2.11. The Labute approximate surface area is 82.7 Å². The van der Waals surface area contributed by atoms with E-state index in [2.05, 4.69) is 31.0 Å². The van der Waals surface area contributed by atoms with Gasteiger partial charge in [-0.1, -0.05) is 20.8 Å². The maximum absolute atomic E-state index is 3.48. The van der Waals surface area contributed by atoms with Crippen molar-refractivity contribution in [3.8, 4) is 0 Å². The number of rotatable bonds is 4. The van der Waals surface area contributed by atoms with Gasteiger partial charge in [0.15, 0.2) is 0 Å². The fourth-order valence-electron chi connectivity index (χ4n) is 2.15. The van der Waals surface area contributed by atoms with Crippen LogP contribution in [0, 0.1) is 5.92 Å². The molecule has 1 unspecified atom stereocenters. The van der Waals surface area contributed by atoms with Crippen LogP contribution in [0.3, 0.4) is 0 Å². The van der Waals surface area contributed by atoms with Gasteiger partial charge in [0.25, 0.3) is 0 Å². The minimum atomic E-state index is 0.793. The zero-order chi connectivity index (χ0) is 9.68. The van der Waals surface area contributed by atoms with Crippen LogP contribution in [0.5, 0.6) is 0 Å². The molecule has 1 saturated heterocycles. The molecule has 0 spiro atoms. The fraction of sp³-hybridized carbons (Fsp3) is 1.00. The van der Waals surface area contributed by atoms with Gasteiger partial charge in [-0.2, -0.15) is 0 Å². The molecule has 0 aromatic rings. The van der Waals surface area contributed by atoms with E-state index in [0.717, 1.165) is 12.0 Å². The zero-order valence-corrected chi connectivity index (χ0v) is 9.34. The van der Waals surface area contributed by atoms with Gasteiger partial charge < -0.3 is 5.32 Å². The van der Waals surface area contributed by atoms with Crippen molar-refractivity contribution in [2.75, 3.05) is 26.2 Å². The van der Waals surface area contributed by atoms with Crippen molar-refractivity contribution in [2.45, 2.75) is 39.7 Å². The molecule has 0 aromatic carbocycles. The number of hydrogen-bond donors (Lipinski definition) is 1. The lowest BCUT2D eigenvalue weighted by Crippen LogP contribution is -2.47. The van der Waals surface area contributed by atoms with Crippen LogP contribution >= 0.6 is 0 Å². The first-order valence-corrected chi connectivity index (χ1v) is 5.68. The van der Waals surface area contributed by atoms with E-state index in [-0.39, 0.29) is 0 Å². The molecule has 0 aliphatic carbocycles. The maximum Gasteiger partial charge on any atom is 0.0221 e. The maximum atomic E-state index is 3.48. The van der Waals surface area contributed by atoms with Crippen LogP contribution in [0.15, 0.2) is 0 Å². The van der Waals surface area contributed by atoms with Gasteiger partial charge in [-0.05, 0) is 31.8 Å². The third-order valence-electron chi connectivity index (χ3n) is 2.79. The van der Waals surface area contributed by atoms with Gasteiger partial charge >= 0.3 is 0 Å². The zero-order valence-electron chi connectivity index (χ0n) is 9.34. The van der Waals surface area contributed by atoms with Crippen molar-refractivity contribution < 1.29 is 0 Å². The van der Waals surface area contributed by atoms with Gasteiger partial charge in [0.2, 0.25) is 0 Å². The van der Waals surface area contributed by atoms with E-state index in [4.69, 9.17) is 0 Å². The highest BCUT2D eigenvalue weighted by molar-refractivity contribution is 4.78. The van der Waals surface area contributed by atoms with Crippen LogP contribution in [-0.4, -0.2) is 37.1 Å². The molecule has 0 radical (unpaired) electrons. The van der Waals surface area contributed by atoms with Crippen molar-refractivity contribution in [1.82, 2.24) is 10.2 Å². The summed E-state index contributed by atoms with van der Waals surface area (Å²) in [5.41, 5.74) is 0. The Morgan fingerprint density at radius 3 is 2.69 bits per heavy atom.